The molecule has 0 aromatic heterocycles. The van der Waals surface area contributed by atoms with Gasteiger partial charge in [0.1, 0.15) is 4.90 Å². The van der Waals surface area contributed by atoms with Crippen LogP contribution >= 0.6 is 0 Å². The summed E-state index contributed by atoms with van der Waals surface area (Å²) in [6.45, 7) is 0. The molecule has 2 aromatic rings. The molecule has 0 saturated heterocycles. The van der Waals surface area contributed by atoms with Crippen LogP contribution in [0.1, 0.15) is 20.7 Å². The van der Waals surface area contributed by atoms with Crippen LogP contribution in [-0.4, -0.2) is 39.1 Å². The van der Waals surface area contributed by atoms with E-state index in [-0.39, 0.29) is 10.9 Å². The van der Waals surface area contributed by atoms with Crippen molar-refractivity contribution in [3.8, 4) is 0 Å². The Hall–Kier alpha value is -2.45. The molecule has 2 aromatic carbocycles. The van der Waals surface area contributed by atoms with Gasteiger partial charge in [-0.15, -0.1) is 0 Å². The summed E-state index contributed by atoms with van der Waals surface area (Å²) in [5.41, 5.74) is -0.865. The molecule has 0 amide bonds. The van der Waals surface area contributed by atoms with Crippen LogP contribution < -0.4 is 0 Å². The lowest BCUT2D eigenvalue weighted by atomic mass is 10.0. The lowest BCUT2D eigenvalue weighted by Gasteiger charge is -2.13. The number of carbonyl (C=O) groups is 2. The van der Waals surface area contributed by atoms with Crippen molar-refractivity contribution in [3.05, 3.63) is 41.5 Å². The molecule has 0 aliphatic carbocycles. The number of rotatable bonds is 3. The topological polar surface area (TPSA) is 107 Å². The van der Waals surface area contributed by atoms with Crippen molar-refractivity contribution >= 4 is 32.8 Å². The zero-order chi connectivity index (χ0) is 16.5. The molecule has 0 radical (unpaired) electrons. The molecule has 0 fully saturated rings. The average Bonchev–Trinajstić information content (AvgIpc) is 2.50. The van der Waals surface area contributed by atoms with Gasteiger partial charge in [0.05, 0.1) is 25.3 Å². The van der Waals surface area contributed by atoms with E-state index in [4.69, 9.17) is 0 Å². The normalized spacial score (nSPS) is 11.2. The number of carbonyl (C=O) groups excluding carboxylic acids is 2. The second kappa shape index (κ2) is 5.74. The van der Waals surface area contributed by atoms with Crippen molar-refractivity contribution in [2.45, 2.75) is 4.90 Å². The highest BCUT2D eigenvalue weighted by molar-refractivity contribution is 7.86. The first-order valence-electron chi connectivity index (χ1n) is 6.01. The lowest BCUT2D eigenvalue weighted by molar-refractivity contribution is 0.0552. The Morgan fingerprint density at radius 2 is 1.64 bits per heavy atom. The first kappa shape index (κ1) is 15.9. The summed E-state index contributed by atoms with van der Waals surface area (Å²) in [6, 6.07) is 7.41. The molecule has 0 unspecified atom stereocenters. The number of hydrogen-bond donors (Lipinski definition) is 1. The Balaban J connectivity index is 3.08. The molecule has 22 heavy (non-hydrogen) atoms. The van der Waals surface area contributed by atoms with Gasteiger partial charge in [0.25, 0.3) is 10.1 Å². The number of benzene rings is 2. The van der Waals surface area contributed by atoms with Crippen molar-refractivity contribution < 1.29 is 32.0 Å². The summed E-state index contributed by atoms with van der Waals surface area (Å²) in [4.78, 5) is 23.1. The highest BCUT2D eigenvalue weighted by Gasteiger charge is 2.30. The van der Waals surface area contributed by atoms with Gasteiger partial charge < -0.3 is 9.47 Å². The van der Waals surface area contributed by atoms with Crippen LogP contribution in [0.25, 0.3) is 10.8 Å². The fourth-order valence-electron chi connectivity index (χ4n) is 2.16. The van der Waals surface area contributed by atoms with Crippen LogP contribution in [0.4, 0.5) is 0 Å². The number of esters is 2. The molecule has 1 N–H and O–H groups in total. The molecule has 2 rings (SSSR count). The highest BCUT2D eigenvalue weighted by Crippen LogP contribution is 2.31. The second-order valence-corrected chi connectivity index (χ2v) is 5.67. The van der Waals surface area contributed by atoms with Gasteiger partial charge in [0, 0.05) is 5.39 Å². The van der Waals surface area contributed by atoms with E-state index >= 15 is 0 Å². The van der Waals surface area contributed by atoms with Crippen LogP contribution in [0, 0.1) is 0 Å². The monoisotopic (exact) mass is 324 g/mol. The molecule has 0 saturated carbocycles. The molecule has 0 atom stereocenters. The van der Waals surface area contributed by atoms with Gasteiger partial charge in [-0.2, -0.15) is 8.42 Å². The summed E-state index contributed by atoms with van der Waals surface area (Å²) < 4.78 is 42.1. The summed E-state index contributed by atoms with van der Waals surface area (Å²) in [5.74, 6) is -1.99. The minimum absolute atomic E-state index is 0.0954. The van der Waals surface area contributed by atoms with E-state index in [1.54, 1.807) is 6.07 Å². The maximum absolute atomic E-state index is 12.0. The van der Waals surface area contributed by atoms with E-state index < -0.39 is 32.5 Å². The molecule has 0 heterocycles. The second-order valence-electron chi connectivity index (χ2n) is 4.31. The predicted octanol–water partition coefficient (Wildman–Crippen LogP) is 1.66. The first-order chi connectivity index (χ1) is 10.3. The van der Waals surface area contributed by atoms with Crippen LogP contribution in [0.3, 0.4) is 0 Å². The summed E-state index contributed by atoms with van der Waals surface area (Å²) in [5, 5.41) is 0.446. The molecule has 0 aliphatic rings. The summed E-state index contributed by atoms with van der Waals surface area (Å²) in [7, 11) is -2.66. The standard InChI is InChI=1S/C14H12O7S/c1-20-13(15)10-7-8-5-3-4-6-9(8)12(22(17,18)19)11(10)14(16)21-2/h3-7H,1-2H3,(H,17,18,19). The van der Waals surface area contributed by atoms with Gasteiger partial charge in [-0.05, 0) is 11.5 Å². The molecule has 0 spiro atoms. The summed E-state index contributed by atoms with van der Waals surface area (Å²) in [6.07, 6.45) is 0. The van der Waals surface area contributed by atoms with Gasteiger partial charge in [0.15, 0.2) is 0 Å². The van der Waals surface area contributed by atoms with Gasteiger partial charge in [0.2, 0.25) is 0 Å². The zero-order valence-electron chi connectivity index (χ0n) is 11.7. The molecular formula is C14H12O7S. The van der Waals surface area contributed by atoms with Gasteiger partial charge in [-0.25, -0.2) is 9.59 Å². The third-order valence-corrected chi connectivity index (χ3v) is 3.99. The Labute approximate surface area is 126 Å². The van der Waals surface area contributed by atoms with Gasteiger partial charge in [-0.1, -0.05) is 24.3 Å². The quantitative estimate of drug-likeness (QED) is 0.675. The molecule has 0 aliphatic heterocycles. The van der Waals surface area contributed by atoms with Crippen molar-refractivity contribution in [1.29, 1.82) is 0 Å². The first-order valence-corrected chi connectivity index (χ1v) is 7.45. The molecule has 116 valence electrons. The molecule has 8 heteroatoms. The predicted molar refractivity (Wildman–Crippen MR) is 76.4 cm³/mol. The number of ether oxygens (including phenoxy) is 2. The smallest absolute Gasteiger partial charge is 0.340 e. The highest BCUT2D eigenvalue weighted by atomic mass is 32.2. The minimum Gasteiger partial charge on any atom is -0.465 e. The largest absolute Gasteiger partial charge is 0.465 e. The van der Waals surface area contributed by atoms with Crippen molar-refractivity contribution in [3.63, 3.8) is 0 Å². The molecule has 7 nitrogen and oxygen atoms in total. The average molecular weight is 324 g/mol. The van der Waals surface area contributed by atoms with E-state index in [9.17, 15) is 22.6 Å². The van der Waals surface area contributed by atoms with Crippen molar-refractivity contribution in [1.82, 2.24) is 0 Å². The zero-order valence-corrected chi connectivity index (χ0v) is 12.5. The Kier molecular flexibility index (Phi) is 4.16. The van der Waals surface area contributed by atoms with Gasteiger partial charge in [-0.3, -0.25) is 4.55 Å². The summed E-state index contributed by atoms with van der Waals surface area (Å²) >= 11 is 0. The Morgan fingerprint density at radius 3 is 2.18 bits per heavy atom. The van der Waals surface area contributed by atoms with Crippen LogP contribution in [0.2, 0.25) is 0 Å². The fourth-order valence-corrected chi connectivity index (χ4v) is 3.07. The third kappa shape index (κ3) is 2.66. The van der Waals surface area contributed by atoms with Crippen LogP contribution in [0.15, 0.2) is 35.2 Å². The number of methoxy groups -OCH3 is 2. The van der Waals surface area contributed by atoms with Crippen LogP contribution in [-0.2, 0) is 19.6 Å². The maximum Gasteiger partial charge on any atom is 0.340 e. The third-order valence-electron chi connectivity index (χ3n) is 3.05. The van der Waals surface area contributed by atoms with Gasteiger partial charge >= 0.3 is 11.9 Å². The van der Waals surface area contributed by atoms with Crippen LogP contribution in [0.5, 0.6) is 0 Å². The van der Waals surface area contributed by atoms with E-state index in [1.807, 2.05) is 0 Å². The Bertz CT molecular complexity index is 868. The van der Waals surface area contributed by atoms with E-state index in [2.05, 4.69) is 9.47 Å². The number of hydrogen-bond acceptors (Lipinski definition) is 6. The maximum atomic E-state index is 12.0. The lowest BCUT2D eigenvalue weighted by Crippen LogP contribution is -2.17. The van der Waals surface area contributed by atoms with Crippen molar-refractivity contribution in [2.75, 3.05) is 14.2 Å². The number of fused-ring (bicyclic) bond motifs is 1. The van der Waals surface area contributed by atoms with E-state index in [0.717, 1.165) is 14.2 Å². The molecular weight excluding hydrogens is 312 g/mol. The fraction of sp³-hybridized carbons (Fsp3) is 0.143. The van der Waals surface area contributed by atoms with Crippen molar-refractivity contribution in [2.24, 2.45) is 0 Å². The van der Waals surface area contributed by atoms with E-state index in [0.29, 0.717) is 5.39 Å². The SMILES string of the molecule is COC(=O)c1cc2ccccc2c(S(=O)(=O)O)c1C(=O)OC. The molecule has 0 bridgehead atoms. The Morgan fingerprint density at radius 1 is 1.05 bits per heavy atom. The minimum atomic E-state index is -4.79. The van der Waals surface area contributed by atoms with E-state index in [1.165, 1.54) is 24.3 Å².